The fraction of sp³-hybridized carbons (Fsp3) is 0.231. The van der Waals surface area contributed by atoms with Crippen molar-refractivity contribution in [1.29, 1.82) is 0 Å². The summed E-state index contributed by atoms with van der Waals surface area (Å²) in [4.78, 5) is 28.7. The Kier molecular flexibility index (Phi) is 9.01. The number of unbranched alkanes of at least 4 members (excludes halogenated alkanes) is 1. The quantitative estimate of drug-likeness (QED) is 0.402. The van der Waals surface area contributed by atoms with E-state index in [4.69, 9.17) is 5.73 Å². The molecular weight excluding hydrogens is 466 g/mol. The first-order valence-electron chi connectivity index (χ1n) is 10.7. The number of carbonyl (C=O) groups excluding carboxylic acids is 2. The normalized spacial score (nSPS) is 11.6. The Hall–Kier alpha value is -2.96. The second-order valence-electron chi connectivity index (χ2n) is 7.53. The van der Waals surface area contributed by atoms with Gasteiger partial charge in [0.15, 0.2) is 0 Å². The Balaban J connectivity index is 1.99. The highest BCUT2D eigenvalue weighted by Gasteiger charge is 2.32. The molecule has 3 aromatic carbocycles. The van der Waals surface area contributed by atoms with Crippen LogP contribution in [0.2, 0.25) is 0 Å². The molecule has 0 saturated carbocycles. The highest BCUT2D eigenvalue weighted by atomic mass is 79.9. The van der Waals surface area contributed by atoms with E-state index in [1.165, 1.54) is 0 Å². The number of hydrogen-bond acceptors (Lipinski definition) is 3. The predicted molar refractivity (Wildman–Crippen MR) is 131 cm³/mol. The zero-order valence-corrected chi connectivity index (χ0v) is 19.5. The van der Waals surface area contributed by atoms with Gasteiger partial charge >= 0.3 is 0 Å². The fourth-order valence-electron chi connectivity index (χ4n) is 3.50. The first-order chi connectivity index (χ1) is 15.6. The van der Waals surface area contributed by atoms with Gasteiger partial charge in [-0.3, -0.25) is 9.59 Å². The van der Waals surface area contributed by atoms with Crippen LogP contribution in [-0.2, 0) is 11.3 Å². The molecule has 0 bridgehead atoms. The van der Waals surface area contributed by atoms with Crippen LogP contribution in [0.5, 0.6) is 0 Å². The molecule has 0 aliphatic carbocycles. The lowest BCUT2D eigenvalue weighted by Crippen LogP contribution is -2.43. The minimum absolute atomic E-state index is 0.195. The monoisotopic (exact) mass is 493 g/mol. The van der Waals surface area contributed by atoms with Crippen molar-refractivity contribution in [2.24, 2.45) is 5.73 Å². The predicted octanol–water partition coefficient (Wildman–Crippen LogP) is 4.69. The second-order valence-corrected chi connectivity index (χ2v) is 8.44. The molecule has 0 aliphatic rings. The molecule has 6 heteroatoms. The number of amides is 2. The molecule has 0 saturated heterocycles. The number of carbonyl (C=O) groups is 2. The Morgan fingerprint density at radius 3 is 2.12 bits per heavy atom. The standard InChI is InChI=1S/C26H28BrN3O2/c27-23-15-13-21(14-16-23)24(25(31)29-18-8-7-17-28)30(19-20-9-3-1-4-10-20)26(32)22-11-5-2-6-12-22/h1-6,9-16,24H,7-8,17-19,28H2,(H,29,31). The summed E-state index contributed by atoms with van der Waals surface area (Å²) in [5.74, 6) is -0.399. The van der Waals surface area contributed by atoms with E-state index in [0.29, 0.717) is 25.2 Å². The van der Waals surface area contributed by atoms with Gasteiger partial charge in [0.05, 0.1) is 0 Å². The van der Waals surface area contributed by atoms with Crippen molar-refractivity contribution in [2.75, 3.05) is 13.1 Å². The molecule has 2 amide bonds. The average Bonchev–Trinajstić information content (AvgIpc) is 2.83. The zero-order chi connectivity index (χ0) is 22.8. The maximum atomic E-state index is 13.6. The minimum atomic E-state index is -0.770. The van der Waals surface area contributed by atoms with Crippen molar-refractivity contribution in [1.82, 2.24) is 10.2 Å². The van der Waals surface area contributed by atoms with Gasteiger partial charge in [-0.05, 0) is 54.8 Å². The molecule has 0 aliphatic heterocycles. The number of rotatable bonds is 10. The van der Waals surface area contributed by atoms with Crippen LogP contribution in [0.1, 0.15) is 40.4 Å². The Bertz CT molecular complexity index is 995. The molecule has 5 nitrogen and oxygen atoms in total. The van der Waals surface area contributed by atoms with Gasteiger partial charge in [0, 0.05) is 23.1 Å². The van der Waals surface area contributed by atoms with Crippen LogP contribution >= 0.6 is 15.9 Å². The van der Waals surface area contributed by atoms with Crippen molar-refractivity contribution in [3.63, 3.8) is 0 Å². The van der Waals surface area contributed by atoms with Crippen LogP contribution in [-0.4, -0.2) is 29.8 Å². The van der Waals surface area contributed by atoms with Crippen molar-refractivity contribution in [2.45, 2.75) is 25.4 Å². The molecule has 3 aromatic rings. The number of nitrogens with zero attached hydrogens (tertiary/aromatic N) is 1. The average molecular weight is 494 g/mol. The molecule has 1 unspecified atom stereocenters. The molecule has 3 rings (SSSR count). The molecule has 0 fully saturated rings. The van der Waals surface area contributed by atoms with E-state index < -0.39 is 6.04 Å². The summed E-state index contributed by atoms with van der Waals surface area (Å²) >= 11 is 3.45. The highest BCUT2D eigenvalue weighted by molar-refractivity contribution is 9.10. The summed E-state index contributed by atoms with van der Waals surface area (Å²) in [6, 6.07) is 25.6. The van der Waals surface area contributed by atoms with Gasteiger partial charge in [0.1, 0.15) is 6.04 Å². The lowest BCUT2D eigenvalue weighted by molar-refractivity contribution is -0.126. The van der Waals surface area contributed by atoms with Crippen LogP contribution in [0.25, 0.3) is 0 Å². The Labute approximate surface area is 197 Å². The lowest BCUT2D eigenvalue weighted by Gasteiger charge is -2.32. The van der Waals surface area contributed by atoms with E-state index in [9.17, 15) is 9.59 Å². The third-order valence-corrected chi connectivity index (χ3v) is 5.68. The van der Waals surface area contributed by atoms with Crippen LogP contribution in [0.4, 0.5) is 0 Å². The summed E-state index contributed by atoms with van der Waals surface area (Å²) in [6.07, 6.45) is 1.63. The minimum Gasteiger partial charge on any atom is -0.354 e. The first kappa shape index (κ1) is 23.7. The number of nitrogens with two attached hydrogens (primary N) is 1. The van der Waals surface area contributed by atoms with Gasteiger partial charge in [0.2, 0.25) is 5.91 Å². The molecule has 166 valence electrons. The highest BCUT2D eigenvalue weighted by Crippen LogP contribution is 2.27. The zero-order valence-electron chi connectivity index (χ0n) is 17.9. The number of halogens is 1. The Morgan fingerprint density at radius 2 is 1.50 bits per heavy atom. The SMILES string of the molecule is NCCCCNC(=O)C(c1ccc(Br)cc1)N(Cc1ccccc1)C(=O)c1ccccc1. The Morgan fingerprint density at radius 1 is 0.875 bits per heavy atom. The van der Waals surface area contributed by atoms with Crippen LogP contribution < -0.4 is 11.1 Å². The van der Waals surface area contributed by atoms with Crippen LogP contribution in [0.3, 0.4) is 0 Å². The van der Waals surface area contributed by atoms with Crippen LogP contribution in [0.15, 0.2) is 89.4 Å². The molecule has 0 heterocycles. The van der Waals surface area contributed by atoms with Gasteiger partial charge in [-0.1, -0.05) is 76.6 Å². The third-order valence-electron chi connectivity index (χ3n) is 5.15. The van der Waals surface area contributed by atoms with E-state index in [1.807, 2.05) is 72.8 Å². The second kappa shape index (κ2) is 12.2. The summed E-state index contributed by atoms with van der Waals surface area (Å²) in [6.45, 7) is 1.41. The summed E-state index contributed by atoms with van der Waals surface area (Å²) in [5.41, 5.74) is 7.83. The first-order valence-corrected chi connectivity index (χ1v) is 11.5. The molecule has 0 radical (unpaired) electrons. The number of nitrogens with one attached hydrogen (secondary N) is 1. The van der Waals surface area contributed by atoms with Crippen LogP contribution in [0, 0.1) is 0 Å². The van der Waals surface area contributed by atoms with Gasteiger partial charge in [-0.15, -0.1) is 0 Å². The summed E-state index contributed by atoms with van der Waals surface area (Å²) in [5, 5.41) is 3.00. The maximum Gasteiger partial charge on any atom is 0.255 e. The fourth-order valence-corrected chi connectivity index (χ4v) is 3.77. The van der Waals surface area contributed by atoms with Gasteiger partial charge in [-0.25, -0.2) is 0 Å². The van der Waals surface area contributed by atoms with E-state index in [0.717, 1.165) is 28.4 Å². The van der Waals surface area contributed by atoms with Crippen molar-refractivity contribution in [3.8, 4) is 0 Å². The maximum absolute atomic E-state index is 13.6. The summed E-state index contributed by atoms with van der Waals surface area (Å²) in [7, 11) is 0. The van der Waals surface area contributed by atoms with E-state index in [-0.39, 0.29) is 11.8 Å². The summed E-state index contributed by atoms with van der Waals surface area (Å²) < 4.78 is 0.910. The third kappa shape index (κ3) is 6.52. The molecular formula is C26H28BrN3O2. The smallest absolute Gasteiger partial charge is 0.255 e. The van der Waals surface area contributed by atoms with E-state index in [2.05, 4.69) is 21.2 Å². The molecule has 0 spiro atoms. The van der Waals surface area contributed by atoms with Crippen molar-refractivity contribution >= 4 is 27.7 Å². The largest absolute Gasteiger partial charge is 0.354 e. The van der Waals surface area contributed by atoms with Gasteiger partial charge in [0.25, 0.3) is 5.91 Å². The number of hydrogen-bond donors (Lipinski definition) is 2. The number of benzene rings is 3. The van der Waals surface area contributed by atoms with Crippen molar-refractivity contribution < 1.29 is 9.59 Å². The lowest BCUT2D eigenvalue weighted by atomic mass is 10.0. The van der Waals surface area contributed by atoms with Crippen molar-refractivity contribution in [3.05, 3.63) is 106 Å². The molecule has 1 atom stereocenters. The molecule has 3 N–H and O–H groups in total. The molecule has 32 heavy (non-hydrogen) atoms. The van der Waals surface area contributed by atoms with E-state index in [1.54, 1.807) is 17.0 Å². The van der Waals surface area contributed by atoms with Gasteiger partial charge < -0.3 is 16.0 Å². The van der Waals surface area contributed by atoms with E-state index >= 15 is 0 Å². The molecule has 0 aromatic heterocycles. The topological polar surface area (TPSA) is 75.4 Å². The van der Waals surface area contributed by atoms with Gasteiger partial charge in [-0.2, -0.15) is 0 Å².